The van der Waals surface area contributed by atoms with Crippen molar-refractivity contribution in [3.63, 3.8) is 0 Å². The Bertz CT molecular complexity index is 1250. The number of benzene rings is 2. The molecule has 0 spiro atoms. The van der Waals surface area contributed by atoms with Gasteiger partial charge in [-0.05, 0) is 23.8 Å². The summed E-state index contributed by atoms with van der Waals surface area (Å²) in [6.07, 6.45) is 5.18. The summed E-state index contributed by atoms with van der Waals surface area (Å²) < 4.78 is 15.1. The minimum absolute atomic E-state index is 0.249. The predicted octanol–water partition coefficient (Wildman–Crippen LogP) is 4.27. The molecule has 0 aliphatic heterocycles. The first-order chi connectivity index (χ1) is 12.7. The molecule has 0 aliphatic rings. The lowest BCUT2D eigenvalue weighted by Crippen LogP contribution is -1.95. The molecule has 5 rings (SSSR count). The van der Waals surface area contributed by atoms with Crippen LogP contribution in [0.1, 0.15) is 0 Å². The third kappa shape index (κ3) is 2.16. The van der Waals surface area contributed by atoms with Crippen molar-refractivity contribution < 1.29 is 4.39 Å². The highest BCUT2D eigenvalue weighted by Gasteiger charge is 2.14. The maximum Gasteiger partial charge on any atom is 0.150 e. The number of aromatic nitrogens is 4. The number of anilines is 1. The molecule has 0 saturated heterocycles. The van der Waals surface area contributed by atoms with Crippen LogP contribution in [0.4, 0.5) is 10.2 Å². The van der Waals surface area contributed by atoms with Gasteiger partial charge in [-0.15, -0.1) is 0 Å². The van der Waals surface area contributed by atoms with Gasteiger partial charge in [0, 0.05) is 23.3 Å². The van der Waals surface area contributed by atoms with Crippen LogP contribution in [0, 0.1) is 5.82 Å². The molecule has 3 N–H and O–H groups in total. The monoisotopic (exact) mass is 343 g/mol. The second-order valence-electron chi connectivity index (χ2n) is 6.12. The molecule has 0 radical (unpaired) electrons. The average molecular weight is 343 g/mol. The highest BCUT2D eigenvalue weighted by atomic mass is 19.1. The smallest absolute Gasteiger partial charge is 0.150 e. The second-order valence-corrected chi connectivity index (χ2v) is 6.12. The number of halogens is 1. The van der Waals surface area contributed by atoms with Gasteiger partial charge in [-0.1, -0.05) is 30.3 Å². The normalized spacial score (nSPS) is 11.4. The molecule has 5 nitrogen and oxygen atoms in total. The Balaban J connectivity index is 1.73. The average Bonchev–Trinajstić information content (AvgIpc) is 3.26. The number of hydrogen-bond acceptors (Lipinski definition) is 3. The lowest BCUT2D eigenvalue weighted by molar-refractivity contribution is 0.628. The number of nitrogens with zero attached hydrogens (tertiary/aromatic N) is 3. The van der Waals surface area contributed by atoms with E-state index in [1.165, 1.54) is 12.1 Å². The zero-order valence-electron chi connectivity index (χ0n) is 13.6. The first-order valence-electron chi connectivity index (χ1n) is 8.16. The van der Waals surface area contributed by atoms with Gasteiger partial charge in [-0.3, -0.25) is 0 Å². The SMILES string of the molecule is Nc1nccn2cnc(-c3cc4cccc(-c5ccc(F)cc5)c4[nH]3)c12. The third-order valence-corrected chi connectivity index (χ3v) is 4.54. The summed E-state index contributed by atoms with van der Waals surface area (Å²) in [5, 5.41) is 1.05. The van der Waals surface area contributed by atoms with Crippen LogP contribution in [0.5, 0.6) is 0 Å². The lowest BCUT2D eigenvalue weighted by atomic mass is 10.0. The fraction of sp³-hybridized carbons (Fsp3) is 0. The number of rotatable bonds is 2. The van der Waals surface area contributed by atoms with Crippen LogP contribution in [0.2, 0.25) is 0 Å². The van der Waals surface area contributed by atoms with Gasteiger partial charge < -0.3 is 15.1 Å². The quantitative estimate of drug-likeness (QED) is 0.503. The molecule has 3 aromatic heterocycles. The molecule has 0 aliphatic carbocycles. The summed E-state index contributed by atoms with van der Waals surface area (Å²) in [5.41, 5.74) is 11.3. The standard InChI is InChI=1S/C20H14FN5/c21-14-6-4-12(5-7-14)15-3-1-2-13-10-16(25-17(13)15)18-19-20(22)23-8-9-26(19)11-24-18/h1-11,25H,(H2,22,23). The van der Waals surface area contributed by atoms with Gasteiger partial charge in [0.1, 0.15) is 29.2 Å². The first-order valence-corrected chi connectivity index (χ1v) is 8.16. The van der Waals surface area contributed by atoms with Gasteiger partial charge >= 0.3 is 0 Å². The molecule has 0 saturated carbocycles. The van der Waals surface area contributed by atoms with Gasteiger partial charge in [-0.2, -0.15) is 0 Å². The molecular formula is C20H14FN5. The number of para-hydroxylation sites is 1. The van der Waals surface area contributed by atoms with Crippen LogP contribution in [0.15, 0.2) is 67.3 Å². The van der Waals surface area contributed by atoms with Crippen molar-refractivity contribution in [3.05, 3.63) is 73.1 Å². The Morgan fingerprint density at radius 1 is 1.04 bits per heavy atom. The van der Waals surface area contributed by atoms with E-state index >= 15 is 0 Å². The topological polar surface area (TPSA) is 72.0 Å². The maximum atomic E-state index is 13.3. The molecule has 0 fully saturated rings. The highest BCUT2D eigenvalue weighted by Crippen LogP contribution is 2.33. The summed E-state index contributed by atoms with van der Waals surface area (Å²) in [6.45, 7) is 0. The van der Waals surface area contributed by atoms with E-state index < -0.39 is 0 Å². The summed E-state index contributed by atoms with van der Waals surface area (Å²) in [5.74, 6) is 0.179. The van der Waals surface area contributed by atoms with E-state index in [1.807, 2.05) is 34.9 Å². The van der Waals surface area contributed by atoms with Crippen molar-refractivity contribution in [1.82, 2.24) is 19.4 Å². The van der Waals surface area contributed by atoms with Gasteiger partial charge in [0.15, 0.2) is 0 Å². The number of nitrogen functional groups attached to an aromatic ring is 1. The molecule has 126 valence electrons. The summed E-state index contributed by atoms with van der Waals surface area (Å²) in [7, 11) is 0. The van der Waals surface area contributed by atoms with Gasteiger partial charge in [0.05, 0.1) is 11.2 Å². The summed E-state index contributed by atoms with van der Waals surface area (Å²) in [4.78, 5) is 12.1. The van der Waals surface area contributed by atoms with Crippen LogP contribution in [0.25, 0.3) is 38.9 Å². The van der Waals surface area contributed by atoms with E-state index in [0.717, 1.165) is 38.9 Å². The number of aromatic amines is 1. The number of nitrogens with one attached hydrogen (secondary N) is 1. The van der Waals surface area contributed by atoms with Gasteiger partial charge in [0.2, 0.25) is 0 Å². The molecular weight excluding hydrogens is 329 g/mol. The van der Waals surface area contributed by atoms with Crippen LogP contribution in [-0.2, 0) is 0 Å². The predicted molar refractivity (Wildman–Crippen MR) is 100 cm³/mol. The molecule has 3 heterocycles. The number of hydrogen-bond donors (Lipinski definition) is 2. The fourth-order valence-electron chi connectivity index (χ4n) is 3.33. The van der Waals surface area contributed by atoms with Gasteiger partial charge in [0.25, 0.3) is 0 Å². The number of nitrogens with two attached hydrogens (primary N) is 1. The molecule has 6 heteroatoms. The minimum atomic E-state index is -0.249. The zero-order chi connectivity index (χ0) is 17.7. The van der Waals surface area contributed by atoms with Crippen molar-refractivity contribution >= 4 is 22.2 Å². The minimum Gasteiger partial charge on any atom is -0.382 e. The molecule has 0 bridgehead atoms. The van der Waals surface area contributed by atoms with Crippen molar-refractivity contribution in [3.8, 4) is 22.5 Å². The van der Waals surface area contributed by atoms with E-state index in [-0.39, 0.29) is 5.82 Å². The molecule has 0 unspecified atom stereocenters. The lowest BCUT2D eigenvalue weighted by Gasteiger charge is -2.03. The number of imidazole rings is 1. The third-order valence-electron chi connectivity index (χ3n) is 4.54. The van der Waals surface area contributed by atoms with Crippen LogP contribution in [0.3, 0.4) is 0 Å². The van der Waals surface area contributed by atoms with E-state index in [4.69, 9.17) is 5.73 Å². The summed E-state index contributed by atoms with van der Waals surface area (Å²) in [6, 6.07) is 14.5. The summed E-state index contributed by atoms with van der Waals surface area (Å²) >= 11 is 0. The van der Waals surface area contributed by atoms with E-state index in [1.54, 1.807) is 24.7 Å². The van der Waals surface area contributed by atoms with Crippen LogP contribution < -0.4 is 5.73 Å². The molecule has 0 amide bonds. The van der Waals surface area contributed by atoms with Crippen LogP contribution in [-0.4, -0.2) is 19.4 Å². The Morgan fingerprint density at radius 3 is 2.73 bits per heavy atom. The van der Waals surface area contributed by atoms with Crippen molar-refractivity contribution in [2.45, 2.75) is 0 Å². The highest BCUT2D eigenvalue weighted by molar-refractivity contribution is 5.98. The second kappa shape index (κ2) is 5.42. The maximum absolute atomic E-state index is 13.3. The van der Waals surface area contributed by atoms with Gasteiger partial charge in [-0.25, -0.2) is 14.4 Å². The largest absolute Gasteiger partial charge is 0.382 e. The first kappa shape index (κ1) is 14.7. The molecule has 0 atom stereocenters. The Labute approximate surface area is 147 Å². The number of H-pyrrole nitrogens is 1. The Morgan fingerprint density at radius 2 is 1.88 bits per heavy atom. The molecule has 5 aromatic rings. The number of fused-ring (bicyclic) bond motifs is 2. The Kier molecular flexibility index (Phi) is 3.05. The van der Waals surface area contributed by atoms with E-state index in [2.05, 4.69) is 15.0 Å². The Hall–Kier alpha value is -3.67. The van der Waals surface area contributed by atoms with E-state index in [9.17, 15) is 4.39 Å². The van der Waals surface area contributed by atoms with Crippen molar-refractivity contribution in [2.24, 2.45) is 0 Å². The van der Waals surface area contributed by atoms with Crippen LogP contribution >= 0.6 is 0 Å². The molecule has 2 aromatic carbocycles. The fourth-order valence-corrected chi connectivity index (χ4v) is 3.33. The van der Waals surface area contributed by atoms with Crippen molar-refractivity contribution in [1.29, 1.82) is 0 Å². The van der Waals surface area contributed by atoms with E-state index in [0.29, 0.717) is 5.82 Å². The zero-order valence-corrected chi connectivity index (χ0v) is 13.6. The molecule has 26 heavy (non-hydrogen) atoms. The van der Waals surface area contributed by atoms with Crippen molar-refractivity contribution in [2.75, 3.05) is 5.73 Å².